The van der Waals surface area contributed by atoms with Crippen LogP contribution in [0.25, 0.3) is 0 Å². The number of rotatable bonds is 6. The van der Waals surface area contributed by atoms with Gasteiger partial charge in [-0.05, 0) is 37.7 Å². The standard InChI is InChI=1S/C12H21N3O/c1-10-9-11(3-4-12(10)13)15(7-8-16)6-5-14-2/h3-4,9,14,16H,5-8,13H2,1-2H3. The summed E-state index contributed by atoms with van der Waals surface area (Å²) in [6.07, 6.45) is 0. The number of nitrogens with one attached hydrogen (secondary N) is 1. The van der Waals surface area contributed by atoms with E-state index in [0.717, 1.165) is 30.0 Å². The van der Waals surface area contributed by atoms with E-state index in [4.69, 9.17) is 10.8 Å². The Balaban J connectivity index is 2.78. The molecule has 0 radical (unpaired) electrons. The van der Waals surface area contributed by atoms with E-state index in [0.29, 0.717) is 6.54 Å². The molecule has 0 saturated carbocycles. The molecule has 0 aliphatic heterocycles. The summed E-state index contributed by atoms with van der Waals surface area (Å²) in [5.74, 6) is 0. The van der Waals surface area contributed by atoms with Crippen molar-refractivity contribution in [2.24, 2.45) is 0 Å². The van der Waals surface area contributed by atoms with Crippen LogP contribution in [0.1, 0.15) is 5.56 Å². The molecule has 4 N–H and O–H groups in total. The number of aliphatic hydroxyl groups is 1. The number of likely N-dealkylation sites (N-methyl/N-ethyl adjacent to an activating group) is 1. The quantitative estimate of drug-likeness (QED) is 0.618. The summed E-state index contributed by atoms with van der Waals surface area (Å²) < 4.78 is 0. The zero-order chi connectivity index (χ0) is 12.0. The molecule has 0 unspecified atom stereocenters. The Labute approximate surface area is 97.1 Å². The third-order valence-corrected chi connectivity index (χ3v) is 2.62. The number of aryl methyl sites for hydroxylation is 1. The number of hydrogen-bond donors (Lipinski definition) is 3. The largest absolute Gasteiger partial charge is 0.399 e. The predicted octanol–water partition coefficient (Wildman–Crippen LogP) is 0.595. The van der Waals surface area contributed by atoms with Gasteiger partial charge in [0.2, 0.25) is 0 Å². The number of nitrogens with zero attached hydrogens (tertiary/aromatic N) is 1. The highest BCUT2D eigenvalue weighted by molar-refractivity contribution is 5.58. The van der Waals surface area contributed by atoms with E-state index in [9.17, 15) is 0 Å². The van der Waals surface area contributed by atoms with E-state index in [2.05, 4.69) is 16.3 Å². The minimum atomic E-state index is 0.160. The van der Waals surface area contributed by atoms with Crippen molar-refractivity contribution in [2.75, 3.05) is 43.9 Å². The van der Waals surface area contributed by atoms with Gasteiger partial charge in [-0.2, -0.15) is 0 Å². The molecule has 4 nitrogen and oxygen atoms in total. The molecule has 4 heteroatoms. The number of nitrogens with two attached hydrogens (primary N) is 1. The SMILES string of the molecule is CNCCN(CCO)c1ccc(N)c(C)c1. The van der Waals surface area contributed by atoms with Crippen LogP contribution < -0.4 is 16.0 Å². The second kappa shape index (κ2) is 6.35. The van der Waals surface area contributed by atoms with E-state index < -0.39 is 0 Å². The number of hydrogen-bond acceptors (Lipinski definition) is 4. The highest BCUT2D eigenvalue weighted by atomic mass is 16.3. The lowest BCUT2D eigenvalue weighted by atomic mass is 10.1. The molecule has 0 aliphatic rings. The monoisotopic (exact) mass is 223 g/mol. The first-order chi connectivity index (χ1) is 7.69. The third kappa shape index (κ3) is 3.40. The Morgan fingerprint density at radius 3 is 2.69 bits per heavy atom. The van der Waals surface area contributed by atoms with Crippen molar-refractivity contribution in [3.8, 4) is 0 Å². The molecule has 0 spiro atoms. The van der Waals surface area contributed by atoms with Crippen molar-refractivity contribution in [3.05, 3.63) is 23.8 Å². The summed E-state index contributed by atoms with van der Waals surface area (Å²) in [4.78, 5) is 2.14. The summed E-state index contributed by atoms with van der Waals surface area (Å²) in [6, 6.07) is 5.96. The van der Waals surface area contributed by atoms with E-state index in [-0.39, 0.29) is 6.61 Å². The molecule has 1 aromatic carbocycles. The van der Waals surface area contributed by atoms with Crippen LogP contribution in [0.15, 0.2) is 18.2 Å². The van der Waals surface area contributed by atoms with Crippen LogP contribution >= 0.6 is 0 Å². The van der Waals surface area contributed by atoms with E-state index in [1.54, 1.807) is 0 Å². The highest BCUT2D eigenvalue weighted by Gasteiger charge is 2.06. The van der Waals surface area contributed by atoms with Crippen LogP contribution in [0, 0.1) is 6.92 Å². The summed E-state index contributed by atoms with van der Waals surface area (Å²) in [5.41, 5.74) is 8.77. The Bertz CT molecular complexity index is 328. The molecular formula is C12H21N3O. The van der Waals surface area contributed by atoms with Crippen molar-refractivity contribution in [3.63, 3.8) is 0 Å². The molecule has 0 saturated heterocycles. The first kappa shape index (κ1) is 12.8. The van der Waals surface area contributed by atoms with Crippen molar-refractivity contribution >= 4 is 11.4 Å². The minimum Gasteiger partial charge on any atom is -0.399 e. The van der Waals surface area contributed by atoms with Gasteiger partial charge < -0.3 is 21.1 Å². The van der Waals surface area contributed by atoms with Crippen molar-refractivity contribution in [1.82, 2.24) is 5.32 Å². The van der Waals surface area contributed by atoms with Crippen LogP contribution in [0.5, 0.6) is 0 Å². The highest BCUT2D eigenvalue weighted by Crippen LogP contribution is 2.20. The zero-order valence-electron chi connectivity index (χ0n) is 10.0. The molecule has 0 aliphatic carbocycles. The minimum absolute atomic E-state index is 0.160. The van der Waals surface area contributed by atoms with E-state index in [1.165, 1.54) is 0 Å². The van der Waals surface area contributed by atoms with Crippen LogP contribution in [-0.4, -0.2) is 38.4 Å². The third-order valence-electron chi connectivity index (χ3n) is 2.62. The van der Waals surface area contributed by atoms with Crippen molar-refractivity contribution in [2.45, 2.75) is 6.92 Å². The molecule has 90 valence electrons. The van der Waals surface area contributed by atoms with Gasteiger partial charge in [-0.25, -0.2) is 0 Å². The lowest BCUT2D eigenvalue weighted by Crippen LogP contribution is -2.33. The molecule has 0 fully saturated rings. The molecule has 16 heavy (non-hydrogen) atoms. The average Bonchev–Trinajstić information content (AvgIpc) is 2.28. The molecule has 1 aromatic rings. The number of anilines is 2. The predicted molar refractivity (Wildman–Crippen MR) is 68.8 cm³/mol. The van der Waals surface area contributed by atoms with Gasteiger partial charge in [0.15, 0.2) is 0 Å². The summed E-state index contributed by atoms with van der Waals surface area (Å²) in [7, 11) is 1.92. The topological polar surface area (TPSA) is 61.5 Å². The molecule has 0 amide bonds. The van der Waals surface area contributed by atoms with E-state index in [1.807, 2.05) is 26.1 Å². The Morgan fingerprint density at radius 2 is 2.12 bits per heavy atom. The molecule has 0 bridgehead atoms. The van der Waals surface area contributed by atoms with Gasteiger partial charge in [-0.3, -0.25) is 0 Å². The van der Waals surface area contributed by atoms with Crippen molar-refractivity contribution in [1.29, 1.82) is 0 Å². The fraction of sp³-hybridized carbons (Fsp3) is 0.500. The van der Waals surface area contributed by atoms with Crippen LogP contribution in [-0.2, 0) is 0 Å². The lowest BCUT2D eigenvalue weighted by Gasteiger charge is -2.24. The zero-order valence-corrected chi connectivity index (χ0v) is 10.0. The number of aliphatic hydroxyl groups excluding tert-OH is 1. The second-order valence-electron chi connectivity index (χ2n) is 3.86. The molecular weight excluding hydrogens is 202 g/mol. The number of benzene rings is 1. The summed E-state index contributed by atoms with van der Waals surface area (Å²) in [5, 5.41) is 12.1. The Hall–Kier alpha value is -1.26. The molecule has 0 atom stereocenters. The lowest BCUT2D eigenvalue weighted by molar-refractivity contribution is 0.302. The molecule has 1 rings (SSSR count). The van der Waals surface area contributed by atoms with Crippen LogP contribution in [0.4, 0.5) is 11.4 Å². The Kier molecular flexibility index (Phi) is 5.08. The van der Waals surface area contributed by atoms with Gasteiger partial charge in [0.1, 0.15) is 0 Å². The average molecular weight is 223 g/mol. The second-order valence-corrected chi connectivity index (χ2v) is 3.86. The van der Waals surface area contributed by atoms with Crippen molar-refractivity contribution < 1.29 is 5.11 Å². The van der Waals surface area contributed by atoms with Crippen LogP contribution in [0.2, 0.25) is 0 Å². The fourth-order valence-corrected chi connectivity index (χ4v) is 1.59. The van der Waals surface area contributed by atoms with Gasteiger partial charge >= 0.3 is 0 Å². The maximum absolute atomic E-state index is 9.03. The first-order valence-electron chi connectivity index (χ1n) is 5.55. The van der Waals surface area contributed by atoms with Gasteiger partial charge in [0.05, 0.1) is 6.61 Å². The smallest absolute Gasteiger partial charge is 0.0606 e. The summed E-state index contributed by atoms with van der Waals surface area (Å²) >= 11 is 0. The van der Waals surface area contributed by atoms with Gasteiger partial charge in [-0.1, -0.05) is 0 Å². The van der Waals surface area contributed by atoms with E-state index >= 15 is 0 Å². The maximum Gasteiger partial charge on any atom is 0.0606 e. The Morgan fingerprint density at radius 1 is 1.38 bits per heavy atom. The first-order valence-corrected chi connectivity index (χ1v) is 5.55. The molecule has 0 aromatic heterocycles. The number of nitrogen functional groups attached to an aromatic ring is 1. The molecule has 0 heterocycles. The summed E-state index contributed by atoms with van der Waals surface area (Å²) in [6.45, 7) is 4.57. The fourth-order valence-electron chi connectivity index (χ4n) is 1.59. The van der Waals surface area contributed by atoms with Gasteiger partial charge in [0, 0.05) is 31.0 Å². The van der Waals surface area contributed by atoms with Gasteiger partial charge in [-0.15, -0.1) is 0 Å². The maximum atomic E-state index is 9.03. The normalized spacial score (nSPS) is 10.4. The van der Waals surface area contributed by atoms with Crippen LogP contribution in [0.3, 0.4) is 0 Å². The van der Waals surface area contributed by atoms with Gasteiger partial charge in [0.25, 0.3) is 0 Å².